The minimum absolute atomic E-state index is 0.240. The van der Waals surface area contributed by atoms with Crippen molar-refractivity contribution < 1.29 is 14.4 Å². The number of rotatable bonds is 1. The average molecular weight is 238 g/mol. The zero-order valence-corrected chi connectivity index (χ0v) is 11.5. The average Bonchev–Trinajstić information content (AvgIpc) is 2.35. The van der Waals surface area contributed by atoms with Crippen molar-refractivity contribution in [2.24, 2.45) is 0 Å². The van der Waals surface area contributed by atoms with Crippen LogP contribution in [0, 0.1) is 0 Å². The van der Waals surface area contributed by atoms with Crippen molar-refractivity contribution in [1.82, 2.24) is 0 Å². The predicted octanol–water partition coefficient (Wildman–Crippen LogP) is 2.48. The molecule has 1 fully saturated rings. The fourth-order valence-electron chi connectivity index (χ4n) is 2.18. The van der Waals surface area contributed by atoms with Gasteiger partial charge in [0, 0.05) is 0 Å². The van der Waals surface area contributed by atoms with Crippen LogP contribution < -0.4 is 0 Å². The van der Waals surface area contributed by atoms with E-state index in [0.29, 0.717) is 6.42 Å². The number of hydrogen-bond donors (Lipinski definition) is 1. The Hall–Kier alpha value is -0.315. The fourth-order valence-corrected chi connectivity index (χ4v) is 2.18. The van der Waals surface area contributed by atoms with E-state index in [1.807, 2.05) is 6.92 Å². The molecule has 1 N–H and O–H groups in total. The van der Waals surface area contributed by atoms with Crippen LogP contribution in [0.1, 0.15) is 53.9 Å². The van der Waals surface area contributed by atoms with Gasteiger partial charge >= 0.3 is 7.12 Å². The van der Waals surface area contributed by atoms with E-state index in [4.69, 9.17) is 9.31 Å². The zero-order chi connectivity index (χ0) is 12.9. The third kappa shape index (κ3) is 2.44. The van der Waals surface area contributed by atoms with E-state index in [-0.39, 0.29) is 18.3 Å². The molecule has 17 heavy (non-hydrogen) atoms. The largest absolute Gasteiger partial charge is 0.490 e. The highest BCUT2D eigenvalue weighted by Crippen LogP contribution is 2.40. The van der Waals surface area contributed by atoms with Crippen molar-refractivity contribution in [1.29, 1.82) is 0 Å². The minimum Gasteiger partial charge on any atom is -0.400 e. The molecule has 1 atom stereocenters. The molecule has 0 aromatic carbocycles. The third-order valence-corrected chi connectivity index (χ3v) is 4.31. The van der Waals surface area contributed by atoms with Crippen LogP contribution in [0.15, 0.2) is 11.5 Å². The summed E-state index contributed by atoms with van der Waals surface area (Å²) in [6, 6.07) is 0. The van der Waals surface area contributed by atoms with Gasteiger partial charge in [-0.15, -0.1) is 0 Å². The summed E-state index contributed by atoms with van der Waals surface area (Å²) in [5.41, 5.74) is 0.0551. The van der Waals surface area contributed by atoms with Gasteiger partial charge in [-0.2, -0.15) is 0 Å². The monoisotopic (exact) mass is 238 g/mol. The van der Waals surface area contributed by atoms with Crippen molar-refractivity contribution in [2.75, 3.05) is 0 Å². The molecule has 0 aromatic heterocycles. The quantitative estimate of drug-likeness (QED) is 0.713. The second-order valence-electron chi connectivity index (χ2n) is 6.57. The number of allylic oxidation sites excluding steroid dienone is 1. The first-order valence-corrected chi connectivity index (χ1v) is 6.40. The van der Waals surface area contributed by atoms with Crippen LogP contribution in [-0.2, 0) is 9.31 Å². The van der Waals surface area contributed by atoms with Gasteiger partial charge in [0.2, 0.25) is 0 Å². The van der Waals surface area contributed by atoms with E-state index in [0.717, 1.165) is 12.8 Å². The summed E-state index contributed by atoms with van der Waals surface area (Å²) in [5.74, 6) is 0. The topological polar surface area (TPSA) is 38.7 Å². The van der Waals surface area contributed by atoms with Crippen molar-refractivity contribution in [2.45, 2.75) is 70.7 Å². The standard InChI is InChI=1S/C13H23BO3/c1-11(2)12(3,4)17-14(16-11)10-6-8-13(5,15)9-7-10/h6,15H,7-9H2,1-5H3. The predicted molar refractivity (Wildman–Crippen MR) is 68.6 cm³/mol. The van der Waals surface area contributed by atoms with E-state index in [1.54, 1.807) is 0 Å². The van der Waals surface area contributed by atoms with Gasteiger partial charge in [0.05, 0.1) is 16.8 Å². The van der Waals surface area contributed by atoms with Gasteiger partial charge in [-0.1, -0.05) is 6.08 Å². The Morgan fingerprint density at radius 2 is 1.65 bits per heavy atom. The highest BCUT2D eigenvalue weighted by molar-refractivity contribution is 6.54. The lowest BCUT2D eigenvalue weighted by Gasteiger charge is -2.32. The van der Waals surface area contributed by atoms with Gasteiger partial charge in [0.25, 0.3) is 0 Å². The van der Waals surface area contributed by atoms with E-state index >= 15 is 0 Å². The second-order valence-corrected chi connectivity index (χ2v) is 6.57. The minimum atomic E-state index is -0.562. The molecule has 3 nitrogen and oxygen atoms in total. The maximum Gasteiger partial charge on any atom is 0.490 e. The highest BCUT2D eigenvalue weighted by atomic mass is 16.7. The van der Waals surface area contributed by atoms with Crippen LogP contribution in [0.3, 0.4) is 0 Å². The van der Waals surface area contributed by atoms with Crippen LogP contribution in [-0.4, -0.2) is 29.0 Å². The molecule has 0 saturated carbocycles. The van der Waals surface area contributed by atoms with Crippen molar-refractivity contribution >= 4 is 7.12 Å². The molecule has 1 aliphatic heterocycles. The summed E-state index contributed by atoms with van der Waals surface area (Å²) < 4.78 is 12.0. The van der Waals surface area contributed by atoms with E-state index in [1.165, 1.54) is 5.47 Å². The lowest BCUT2D eigenvalue weighted by atomic mass is 9.70. The summed E-state index contributed by atoms with van der Waals surface area (Å²) >= 11 is 0. The van der Waals surface area contributed by atoms with Crippen LogP contribution in [0.5, 0.6) is 0 Å². The molecule has 96 valence electrons. The van der Waals surface area contributed by atoms with Gasteiger partial charge in [-0.3, -0.25) is 0 Å². The molecule has 2 rings (SSSR count). The van der Waals surface area contributed by atoms with Gasteiger partial charge < -0.3 is 14.4 Å². The fraction of sp³-hybridized carbons (Fsp3) is 0.846. The SMILES string of the molecule is CC1(O)CC=C(B2OC(C)(C)C(C)(C)O2)CC1. The lowest BCUT2D eigenvalue weighted by molar-refractivity contribution is 0.00578. The summed E-state index contributed by atoms with van der Waals surface area (Å²) in [6.07, 6.45) is 4.39. The number of hydrogen-bond acceptors (Lipinski definition) is 3. The Morgan fingerprint density at radius 1 is 1.12 bits per heavy atom. The first-order chi connectivity index (χ1) is 7.63. The molecule has 1 heterocycles. The molecule has 2 aliphatic rings. The molecule has 1 unspecified atom stereocenters. The Bertz CT molecular complexity index is 329. The lowest BCUT2D eigenvalue weighted by Crippen LogP contribution is -2.41. The maximum atomic E-state index is 9.91. The Labute approximate surface area is 104 Å². The van der Waals surface area contributed by atoms with Crippen molar-refractivity contribution in [3.63, 3.8) is 0 Å². The van der Waals surface area contributed by atoms with Gasteiger partial charge in [-0.25, -0.2) is 0 Å². The van der Waals surface area contributed by atoms with Crippen LogP contribution in [0.25, 0.3) is 0 Å². The molecule has 0 aromatic rings. The smallest absolute Gasteiger partial charge is 0.400 e. The molecule has 1 saturated heterocycles. The Balaban J connectivity index is 2.10. The molecule has 4 heteroatoms. The molecule has 0 spiro atoms. The summed E-state index contributed by atoms with van der Waals surface area (Å²) in [7, 11) is -0.240. The van der Waals surface area contributed by atoms with E-state index in [2.05, 4.69) is 33.8 Å². The first-order valence-electron chi connectivity index (χ1n) is 6.40. The van der Waals surface area contributed by atoms with Gasteiger partial charge in [0.15, 0.2) is 0 Å². The molecule has 0 bridgehead atoms. The Morgan fingerprint density at radius 3 is 2.06 bits per heavy atom. The normalized spacial score (nSPS) is 35.9. The van der Waals surface area contributed by atoms with Crippen LogP contribution >= 0.6 is 0 Å². The summed E-state index contributed by atoms with van der Waals surface area (Å²) in [6.45, 7) is 10.1. The number of aliphatic hydroxyl groups is 1. The Kier molecular flexibility index (Phi) is 2.96. The van der Waals surface area contributed by atoms with Gasteiger partial charge in [0.1, 0.15) is 0 Å². The third-order valence-electron chi connectivity index (χ3n) is 4.31. The first kappa shape index (κ1) is 13.1. The molecular weight excluding hydrogens is 215 g/mol. The van der Waals surface area contributed by atoms with E-state index in [9.17, 15) is 5.11 Å². The van der Waals surface area contributed by atoms with Gasteiger partial charge in [-0.05, 0) is 59.4 Å². The molecule has 1 aliphatic carbocycles. The zero-order valence-electron chi connectivity index (χ0n) is 11.5. The van der Waals surface area contributed by atoms with Crippen molar-refractivity contribution in [3.05, 3.63) is 11.5 Å². The molecular formula is C13H23BO3. The second kappa shape index (κ2) is 3.84. The van der Waals surface area contributed by atoms with Crippen LogP contribution in [0.2, 0.25) is 0 Å². The van der Waals surface area contributed by atoms with E-state index < -0.39 is 5.60 Å². The van der Waals surface area contributed by atoms with Crippen LogP contribution in [0.4, 0.5) is 0 Å². The molecule has 0 radical (unpaired) electrons. The summed E-state index contributed by atoms with van der Waals surface area (Å²) in [5, 5.41) is 9.91. The summed E-state index contributed by atoms with van der Waals surface area (Å²) in [4.78, 5) is 0. The maximum absolute atomic E-state index is 9.91. The van der Waals surface area contributed by atoms with Crippen molar-refractivity contribution in [3.8, 4) is 0 Å². The molecule has 0 amide bonds. The highest BCUT2D eigenvalue weighted by Gasteiger charge is 2.52.